The van der Waals surface area contributed by atoms with Gasteiger partial charge >= 0.3 is 0 Å². The van der Waals surface area contributed by atoms with E-state index in [4.69, 9.17) is 0 Å². The van der Waals surface area contributed by atoms with E-state index in [1.807, 2.05) is 18.2 Å². The van der Waals surface area contributed by atoms with Crippen LogP contribution in [-0.4, -0.2) is 11.5 Å². The molecule has 1 aliphatic rings. The topological polar surface area (TPSA) is 17.1 Å². The third kappa shape index (κ3) is 1.77. The van der Waals surface area contributed by atoms with Crippen molar-refractivity contribution in [3.8, 4) is 0 Å². The standard InChI is InChI=1S/C16H14OS/c1-2-18-14-9-5-7-12-10-11-6-3-4-8-13(11)16(17)15(12)14/h3-9H,2,10H2,1H3. The fraction of sp³-hybridized carbons (Fsp3) is 0.188. The van der Waals surface area contributed by atoms with Gasteiger partial charge in [0.25, 0.3) is 0 Å². The molecule has 18 heavy (non-hydrogen) atoms. The van der Waals surface area contributed by atoms with Crippen molar-refractivity contribution in [2.24, 2.45) is 0 Å². The zero-order chi connectivity index (χ0) is 12.5. The summed E-state index contributed by atoms with van der Waals surface area (Å²) in [5, 5.41) is 0. The van der Waals surface area contributed by atoms with Crippen LogP contribution in [0.15, 0.2) is 47.4 Å². The first kappa shape index (κ1) is 11.5. The molecule has 1 nitrogen and oxygen atoms in total. The summed E-state index contributed by atoms with van der Waals surface area (Å²) >= 11 is 1.75. The van der Waals surface area contributed by atoms with Crippen molar-refractivity contribution in [2.75, 3.05) is 5.75 Å². The highest BCUT2D eigenvalue weighted by molar-refractivity contribution is 7.99. The Morgan fingerprint density at radius 3 is 2.67 bits per heavy atom. The van der Waals surface area contributed by atoms with Gasteiger partial charge in [-0.3, -0.25) is 4.79 Å². The van der Waals surface area contributed by atoms with Gasteiger partial charge < -0.3 is 0 Å². The molecule has 0 atom stereocenters. The second-order valence-corrected chi connectivity index (χ2v) is 5.69. The molecule has 2 aromatic rings. The molecule has 0 aliphatic heterocycles. The van der Waals surface area contributed by atoms with E-state index >= 15 is 0 Å². The molecule has 1 aliphatic carbocycles. The Hall–Kier alpha value is -1.54. The number of hydrogen-bond acceptors (Lipinski definition) is 2. The van der Waals surface area contributed by atoms with Crippen LogP contribution in [0.3, 0.4) is 0 Å². The summed E-state index contributed by atoms with van der Waals surface area (Å²) in [6.45, 7) is 2.12. The average Bonchev–Trinajstić information content (AvgIpc) is 2.39. The van der Waals surface area contributed by atoms with Gasteiger partial charge in [0.05, 0.1) is 0 Å². The van der Waals surface area contributed by atoms with Crippen LogP contribution >= 0.6 is 11.8 Å². The molecule has 0 unspecified atom stereocenters. The highest BCUT2D eigenvalue weighted by Gasteiger charge is 2.25. The van der Waals surface area contributed by atoms with E-state index in [1.54, 1.807) is 11.8 Å². The number of fused-ring (bicyclic) bond motifs is 2. The SMILES string of the molecule is CCSc1cccc2c1C(=O)c1ccccc1C2. The third-order valence-corrected chi connectivity index (χ3v) is 4.22. The zero-order valence-electron chi connectivity index (χ0n) is 10.3. The van der Waals surface area contributed by atoms with Gasteiger partial charge in [-0.25, -0.2) is 0 Å². The Bertz CT molecular complexity index is 616. The summed E-state index contributed by atoms with van der Waals surface area (Å²) in [5.41, 5.74) is 4.10. The Balaban J connectivity index is 2.17. The molecule has 2 heteroatoms. The molecule has 0 aromatic heterocycles. The fourth-order valence-electron chi connectivity index (χ4n) is 2.49. The lowest BCUT2D eigenvalue weighted by Crippen LogP contribution is -2.16. The molecule has 0 spiro atoms. The molecule has 90 valence electrons. The summed E-state index contributed by atoms with van der Waals surface area (Å²) in [7, 11) is 0. The Morgan fingerprint density at radius 1 is 1.06 bits per heavy atom. The maximum absolute atomic E-state index is 12.6. The number of benzene rings is 2. The first-order valence-electron chi connectivity index (χ1n) is 6.18. The molecular weight excluding hydrogens is 240 g/mol. The minimum atomic E-state index is 0.184. The smallest absolute Gasteiger partial charge is 0.194 e. The summed E-state index contributed by atoms with van der Waals surface area (Å²) in [5.74, 6) is 1.18. The van der Waals surface area contributed by atoms with Crippen LogP contribution < -0.4 is 0 Å². The Labute approximate surface area is 111 Å². The van der Waals surface area contributed by atoms with Gasteiger partial charge in [-0.05, 0) is 29.4 Å². The van der Waals surface area contributed by atoms with Crippen LogP contribution in [0.25, 0.3) is 0 Å². The third-order valence-electron chi connectivity index (χ3n) is 3.28. The summed E-state index contributed by atoms with van der Waals surface area (Å²) < 4.78 is 0. The number of carbonyl (C=O) groups excluding carboxylic acids is 1. The quantitative estimate of drug-likeness (QED) is 0.644. The van der Waals surface area contributed by atoms with Crippen molar-refractivity contribution < 1.29 is 4.79 Å². The number of carbonyl (C=O) groups is 1. The predicted octanol–water partition coefficient (Wildman–Crippen LogP) is 3.93. The van der Waals surface area contributed by atoms with E-state index < -0.39 is 0 Å². The van der Waals surface area contributed by atoms with Gasteiger partial charge in [0.1, 0.15) is 0 Å². The summed E-state index contributed by atoms with van der Waals surface area (Å²) in [6.07, 6.45) is 0.870. The van der Waals surface area contributed by atoms with Crippen LogP contribution in [-0.2, 0) is 6.42 Å². The first-order valence-corrected chi connectivity index (χ1v) is 7.17. The maximum Gasteiger partial charge on any atom is 0.194 e. The molecule has 0 N–H and O–H groups in total. The van der Waals surface area contributed by atoms with E-state index in [0.717, 1.165) is 39.3 Å². The molecule has 0 fully saturated rings. The summed E-state index contributed by atoms with van der Waals surface area (Å²) in [4.78, 5) is 13.7. The van der Waals surface area contributed by atoms with Gasteiger partial charge in [0, 0.05) is 16.0 Å². The summed E-state index contributed by atoms with van der Waals surface area (Å²) in [6, 6.07) is 14.1. The van der Waals surface area contributed by atoms with Gasteiger partial charge in [0.2, 0.25) is 0 Å². The monoisotopic (exact) mass is 254 g/mol. The predicted molar refractivity (Wildman–Crippen MR) is 75.5 cm³/mol. The van der Waals surface area contributed by atoms with Gasteiger partial charge in [-0.2, -0.15) is 0 Å². The van der Waals surface area contributed by atoms with Crippen molar-refractivity contribution in [1.82, 2.24) is 0 Å². The lowest BCUT2D eigenvalue weighted by molar-refractivity contribution is 0.103. The van der Waals surface area contributed by atoms with E-state index in [2.05, 4.69) is 31.2 Å². The van der Waals surface area contributed by atoms with Crippen molar-refractivity contribution >= 4 is 17.5 Å². The molecule has 0 saturated heterocycles. The first-order chi connectivity index (χ1) is 8.81. The number of ketones is 1. The number of thioether (sulfide) groups is 1. The van der Waals surface area contributed by atoms with Crippen molar-refractivity contribution in [2.45, 2.75) is 18.2 Å². The zero-order valence-corrected chi connectivity index (χ0v) is 11.1. The van der Waals surface area contributed by atoms with E-state index in [9.17, 15) is 4.79 Å². The molecule has 0 bridgehead atoms. The van der Waals surface area contributed by atoms with Crippen LogP contribution in [0.1, 0.15) is 34.0 Å². The van der Waals surface area contributed by atoms with Crippen molar-refractivity contribution in [3.05, 3.63) is 64.7 Å². The second kappa shape index (κ2) is 4.62. The molecule has 2 aromatic carbocycles. The number of rotatable bonds is 2. The molecule has 0 saturated carbocycles. The normalized spacial score (nSPS) is 13.1. The van der Waals surface area contributed by atoms with Gasteiger partial charge in [0.15, 0.2) is 5.78 Å². The molecule has 0 amide bonds. The van der Waals surface area contributed by atoms with E-state index in [0.29, 0.717) is 0 Å². The van der Waals surface area contributed by atoms with Crippen LogP contribution in [0.2, 0.25) is 0 Å². The minimum Gasteiger partial charge on any atom is -0.289 e. The molecule has 3 rings (SSSR count). The van der Waals surface area contributed by atoms with Gasteiger partial charge in [-0.15, -0.1) is 11.8 Å². The minimum absolute atomic E-state index is 0.184. The largest absolute Gasteiger partial charge is 0.289 e. The fourth-order valence-corrected chi connectivity index (χ4v) is 3.35. The van der Waals surface area contributed by atoms with E-state index in [-0.39, 0.29) is 5.78 Å². The van der Waals surface area contributed by atoms with Crippen molar-refractivity contribution in [3.63, 3.8) is 0 Å². The molecule has 0 radical (unpaired) electrons. The highest BCUT2D eigenvalue weighted by atomic mass is 32.2. The number of hydrogen-bond donors (Lipinski definition) is 0. The second-order valence-electron chi connectivity index (χ2n) is 4.39. The molecular formula is C16H14OS. The Morgan fingerprint density at radius 2 is 1.83 bits per heavy atom. The highest BCUT2D eigenvalue weighted by Crippen LogP contribution is 2.33. The maximum atomic E-state index is 12.6. The van der Waals surface area contributed by atoms with Crippen molar-refractivity contribution in [1.29, 1.82) is 0 Å². The lowest BCUT2D eigenvalue weighted by atomic mass is 9.85. The van der Waals surface area contributed by atoms with Crippen LogP contribution in [0, 0.1) is 0 Å². The van der Waals surface area contributed by atoms with E-state index in [1.165, 1.54) is 0 Å². The average molecular weight is 254 g/mol. The van der Waals surface area contributed by atoms with Gasteiger partial charge in [-0.1, -0.05) is 43.3 Å². The Kier molecular flexibility index (Phi) is 2.96. The lowest BCUT2D eigenvalue weighted by Gasteiger charge is -2.20. The van der Waals surface area contributed by atoms with Crippen LogP contribution in [0.4, 0.5) is 0 Å². The molecule has 0 heterocycles. The van der Waals surface area contributed by atoms with Crippen LogP contribution in [0.5, 0.6) is 0 Å².